The van der Waals surface area contributed by atoms with E-state index < -0.39 is 0 Å². The molecule has 10 heavy (non-hydrogen) atoms. The Morgan fingerprint density at radius 3 is 3.00 bits per heavy atom. The van der Waals surface area contributed by atoms with Gasteiger partial charge in [-0.25, -0.2) is 0 Å². The molecule has 0 aliphatic rings. The van der Waals surface area contributed by atoms with Crippen LogP contribution in [0.4, 0.5) is 0 Å². The van der Waals surface area contributed by atoms with E-state index in [1.807, 2.05) is 6.20 Å². The summed E-state index contributed by atoms with van der Waals surface area (Å²) in [5.74, 6) is 0. The summed E-state index contributed by atoms with van der Waals surface area (Å²) < 4.78 is 1.09. The van der Waals surface area contributed by atoms with Crippen molar-refractivity contribution in [2.24, 2.45) is 0 Å². The van der Waals surface area contributed by atoms with E-state index >= 15 is 0 Å². The van der Waals surface area contributed by atoms with Crippen molar-refractivity contribution < 1.29 is 0 Å². The second-order valence-electron chi connectivity index (χ2n) is 2.24. The van der Waals surface area contributed by atoms with Gasteiger partial charge in [-0.2, -0.15) is 0 Å². The van der Waals surface area contributed by atoms with Gasteiger partial charge in [0.15, 0.2) is 0 Å². The van der Waals surface area contributed by atoms with Gasteiger partial charge in [-0.1, -0.05) is 13.3 Å². The van der Waals surface area contributed by atoms with Crippen LogP contribution in [0, 0.1) is 3.70 Å². The summed E-state index contributed by atoms with van der Waals surface area (Å²) in [4.78, 5) is 4.11. The molecule has 1 heterocycles. The van der Waals surface area contributed by atoms with Crippen LogP contribution in [-0.4, -0.2) is 4.98 Å². The molecular formula is C8H10IN. The second kappa shape index (κ2) is 3.91. The molecule has 0 spiro atoms. The lowest BCUT2D eigenvalue weighted by Gasteiger charge is -1.96. The smallest absolute Gasteiger partial charge is 0.101 e. The van der Waals surface area contributed by atoms with Crippen LogP contribution in [0.15, 0.2) is 18.3 Å². The molecule has 0 N–H and O–H groups in total. The van der Waals surface area contributed by atoms with Gasteiger partial charge < -0.3 is 0 Å². The predicted octanol–water partition coefficient (Wildman–Crippen LogP) is 2.64. The van der Waals surface area contributed by atoms with Crippen LogP contribution < -0.4 is 0 Å². The molecule has 0 aromatic carbocycles. The first kappa shape index (κ1) is 7.98. The zero-order valence-corrected chi connectivity index (χ0v) is 8.13. The van der Waals surface area contributed by atoms with Gasteiger partial charge >= 0.3 is 0 Å². The van der Waals surface area contributed by atoms with Crippen LogP contribution in [0.25, 0.3) is 0 Å². The molecule has 0 aliphatic heterocycles. The van der Waals surface area contributed by atoms with Gasteiger partial charge in [0, 0.05) is 6.20 Å². The van der Waals surface area contributed by atoms with Crippen molar-refractivity contribution in [3.05, 3.63) is 27.6 Å². The summed E-state index contributed by atoms with van der Waals surface area (Å²) in [5.41, 5.74) is 1.39. The minimum atomic E-state index is 1.09. The first-order valence-electron chi connectivity index (χ1n) is 3.43. The quantitative estimate of drug-likeness (QED) is 0.578. The summed E-state index contributed by atoms with van der Waals surface area (Å²) in [7, 11) is 0. The molecule has 1 nitrogen and oxygen atoms in total. The molecule has 1 aromatic heterocycles. The van der Waals surface area contributed by atoms with Crippen LogP contribution >= 0.6 is 22.6 Å². The Kier molecular flexibility index (Phi) is 3.12. The number of pyridine rings is 1. The fourth-order valence-corrected chi connectivity index (χ4v) is 1.45. The Labute approximate surface area is 75.0 Å². The summed E-state index contributed by atoms with van der Waals surface area (Å²) in [6, 6.07) is 4.20. The molecule has 0 fully saturated rings. The summed E-state index contributed by atoms with van der Waals surface area (Å²) >= 11 is 2.23. The second-order valence-corrected chi connectivity index (χ2v) is 3.34. The molecule has 0 unspecified atom stereocenters. The highest BCUT2D eigenvalue weighted by atomic mass is 127. The Hall–Kier alpha value is -0.120. The summed E-state index contributed by atoms with van der Waals surface area (Å²) in [6.45, 7) is 2.19. The Bertz CT molecular complexity index is 210. The van der Waals surface area contributed by atoms with Crippen molar-refractivity contribution in [1.29, 1.82) is 0 Å². The number of hydrogen-bond acceptors (Lipinski definition) is 1. The lowest BCUT2D eigenvalue weighted by Crippen LogP contribution is -1.85. The van der Waals surface area contributed by atoms with Crippen LogP contribution in [0.1, 0.15) is 18.9 Å². The van der Waals surface area contributed by atoms with E-state index in [2.05, 4.69) is 46.6 Å². The van der Waals surface area contributed by atoms with Gasteiger partial charge in [-0.05, 0) is 46.7 Å². The highest BCUT2D eigenvalue weighted by Crippen LogP contribution is 2.05. The SMILES string of the molecule is CCCc1ccnc(I)c1. The van der Waals surface area contributed by atoms with Crippen molar-refractivity contribution in [2.45, 2.75) is 19.8 Å². The monoisotopic (exact) mass is 247 g/mol. The molecule has 0 aliphatic carbocycles. The van der Waals surface area contributed by atoms with E-state index in [1.54, 1.807) is 0 Å². The minimum absolute atomic E-state index is 1.09. The maximum Gasteiger partial charge on any atom is 0.101 e. The van der Waals surface area contributed by atoms with Gasteiger partial charge in [0.05, 0.1) is 0 Å². The molecule has 1 rings (SSSR count). The zero-order chi connectivity index (χ0) is 7.40. The Balaban J connectivity index is 2.75. The van der Waals surface area contributed by atoms with E-state index in [0.29, 0.717) is 0 Å². The van der Waals surface area contributed by atoms with Crippen LogP contribution in [0.3, 0.4) is 0 Å². The molecule has 0 bridgehead atoms. The number of halogens is 1. The Morgan fingerprint density at radius 2 is 2.40 bits per heavy atom. The Morgan fingerprint density at radius 1 is 1.60 bits per heavy atom. The third-order valence-electron chi connectivity index (χ3n) is 1.33. The number of nitrogens with zero attached hydrogens (tertiary/aromatic N) is 1. The fraction of sp³-hybridized carbons (Fsp3) is 0.375. The van der Waals surface area contributed by atoms with Gasteiger partial charge in [0.1, 0.15) is 3.70 Å². The molecule has 0 saturated heterocycles. The summed E-state index contributed by atoms with van der Waals surface area (Å²) in [5, 5.41) is 0. The maximum absolute atomic E-state index is 4.11. The first-order valence-corrected chi connectivity index (χ1v) is 4.51. The lowest BCUT2D eigenvalue weighted by molar-refractivity contribution is 0.916. The third kappa shape index (κ3) is 2.25. The molecular weight excluding hydrogens is 237 g/mol. The van der Waals surface area contributed by atoms with Crippen LogP contribution in [0.2, 0.25) is 0 Å². The molecule has 2 heteroatoms. The standard InChI is InChI=1S/C8H10IN/c1-2-3-7-4-5-10-8(9)6-7/h4-6H,2-3H2,1H3. The largest absolute Gasteiger partial charge is 0.250 e. The maximum atomic E-state index is 4.11. The summed E-state index contributed by atoms with van der Waals surface area (Å²) in [6.07, 6.45) is 4.24. The molecule has 0 amide bonds. The van der Waals surface area contributed by atoms with E-state index in [9.17, 15) is 0 Å². The van der Waals surface area contributed by atoms with E-state index in [4.69, 9.17) is 0 Å². The molecule has 0 radical (unpaired) electrons. The van der Waals surface area contributed by atoms with Crippen LogP contribution in [0.5, 0.6) is 0 Å². The molecule has 54 valence electrons. The number of rotatable bonds is 2. The minimum Gasteiger partial charge on any atom is -0.250 e. The topological polar surface area (TPSA) is 12.9 Å². The third-order valence-corrected chi connectivity index (χ3v) is 1.92. The highest BCUT2D eigenvalue weighted by Gasteiger charge is 1.91. The van der Waals surface area contributed by atoms with Crippen molar-refractivity contribution in [2.75, 3.05) is 0 Å². The van der Waals surface area contributed by atoms with Crippen LogP contribution in [-0.2, 0) is 6.42 Å². The first-order chi connectivity index (χ1) is 4.83. The lowest BCUT2D eigenvalue weighted by atomic mass is 10.2. The average Bonchev–Trinajstić information content (AvgIpc) is 1.88. The predicted molar refractivity (Wildman–Crippen MR) is 50.9 cm³/mol. The average molecular weight is 247 g/mol. The fourth-order valence-electron chi connectivity index (χ4n) is 0.887. The molecule has 0 saturated carbocycles. The van der Waals surface area contributed by atoms with Crippen molar-refractivity contribution in [3.63, 3.8) is 0 Å². The van der Waals surface area contributed by atoms with Crippen molar-refractivity contribution in [3.8, 4) is 0 Å². The van der Waals surface area contributed by atoms with Gasteiger partial charge in [0.2, 0.25) is 0 Å². The van der Waals surface area contributed by atoms with E-state index in [0.717, 1.165) is 3.70 Å². The van der Waals surface area contributed by atoms with Gasteiger partial charge in [0.25, 0.3) is 0 Å². The highest BCUT2D eigenvalue weighted by molar-refractivity contribution is 14.1. The van der Waals surface area contributed by atoms with Gasteiger partial charge in [-0.15, -0.1) is 0 Å². The number of aromatic nitrogens is 1. The molecule has 0 atom stereocenters. The number of aryl methyl sites for hydroxylation is 1. The van der Waals surface area contributed by atoms with Gasteiger partial charge in [-0.3, -0.25) is 4.98 Å². The molecule has 1 aromatic rings. The van der Waals surface area contributed by atoms with Crippen molar-refractivity contribution in [1.82, 2.24) is 4.98 Å². The normalized spacial score (nSPS) is 9.80. The van der Waals surface area contributed by atoms with Crippen molar-refractivity contribution >= 4 is 22.6 Å². The number of hydrogen-bond donors (Lipinski definition) is 0. The van der Waals surface area contributed by atoms with E-state index in [-0.39, 0.29) is 0 Å². The van der Waals surface area contributed by atoms with E-state index in [1.165, 1.54) is 18.4 Å². The zero-order valence-electron chi connectivity index (χ0n) is 5.97.